The van der Waals surface area contributed by atoms with Crippen LogP contribution >= 0.6 is 0 Å². The van der Waals surface area contributed by atoms with Gasteiger partial charge in [-0.3, -0.25) is 19.5 Å². The summed E-state index contributed by atoms with van der Waals surface area (Å²) in [6.07, 6.45) is 8.70. The molecule has 0 bridgehead atoms. The number of rotatable bonds is 15. The second-order valence-electron chi connectivity index (χ2n) is 13.2. The molecule has 0 fully saturated rings. The van der Waals surface area contributed by atoms with Crippen LogP contribution in [-0.2, 0) is 0 Å². The molecule has 5 aromatic rings. The summed E-state index contributed by atoms with van der Waals surface area (Å²) >= 11 is 0. The zero-order valence-electron chi connectivity index (χ0n) is 30.9. The summed E-state index contributed by atoms with van der Waals surface area (Å²) in [4.78, 5) is 16.7. The van der Waals surface area contributed by atoms with Crippen molar-refractivity contribution in [2.24, 2.45) is 0 Å². The lowest BCUT2D eigenvalue weighted by Crippen LogP contribution is -2.20. The van der Waals surface area contributed by atoms with Crippen LogP contribution in [-0.4, -0.2) is 106 Å². The molecular weight excluding hydrogens is 642 g/mol. The van der Waals surface area contributed by atoms with Crippen LogP contribution < -0.4 is 5.73 Å². The normalized spacial score (nSPS) is 12.8. The van der Waals surface area contributed by atoms with E-state index in [1.807, 2.05) is 106 Å². The van der Waals surface area contributed by atoms with E-state index in [2.05, 4.69) is 63.3 Å². The Bertz CT molecular complexity index is 1660. The molecule has 2 heterocycles. The van der Waals surface area contributed by atoms with Crippen LogP contribution in [0, 0.1) is 10.1 Å². The Morgan fingerprint density at radius 3 is 1.41 bits per heavy atom. The van der Waals surface area contributed by atoms with Crippen molar-refractivity contribution in [2.45, 2.75) is 37.5 Å². The van der Waals surface area contributed by atoms with Gasteiger partial charge >= 0.3 is 5.69 Å². The van der Waals surface area contributed by atoms with E-state index in [9.17, 15) is 15.2 Å². The Morgan fingerprint density at radius 1 is 0.647 bits per heavy atom. The number of nitro groups is 1. The lowest BCUT2D eigenvalue weighted by Gasteiger charge is -2.20. The highest BCUT2D eigenvalue weighted by atomic mass is 16.6. The largest absolute Gasteiger partial charge is 0.396 e. The molecule has 0 radical (unpaired) electrons. The van der Waals surface area contributed by atoms with Gasteiger partial charge in [0.1, 0.15) is 12.4 Å². The van der Waals surface area contributed by atoms with Crippen molar-refractivity contribution in [3.05, 3.63) is 143 Å². The number of aliphatic hydroxyl groups is 1. The number of nitrogens with two attached hydrogens (primary N) is 1. The number of nitrogens with zero attached hydrogens (tertiary/aromatic N) is 8. The van der Waals surface area contributed by atoms with Crippen molar-refractivity contribution >= 4 is 11.4 Å². The van der Waals surface area contributed by atoms with Crippen LogP contribution in [0.1, 0.15) is 54.1 Å². The summed E-state index contributed by atoms with van der Waals surface area (Å²) in [5.41, 5.74) is 9.86. The molecule has 3 atom stereocenters. The number of benzene rings is 3. The maximum absolute atomic E-state index is 10.8. The molecule has 0 aliphatic rings. The van der Waals surface area contributed by atoms with Crippen molar-refractivity contribution in [3.8, 4) is 0 Å². The van der Waals surface area contributed by atoms with E-state index in [0.29, 0.717) is 5.69 Å². The molecule has 0 spiro atoms. The van der Waals surface area contributed by atoms with Gasteiger partial charge in [-0.15, -0.1) is 0 Å². The van der Waals surface area contributed by atoms with Gasteiger partial charge in [0, 0.05) is 12.7 Å². The van der Waals surface area contributed by atoms with E-state index in [4.69, 9.17) is 5.73 Å². The first kappa shape index (κ1) is 40.5. The fourth-order valence-electron chi connectivity index (χ4n) is 5.35. The third-order valence-corrected chi connectivity index (χ3v) is 8.16. The predicted molar refractivity (Wildman–Crippen MR) is 206 cm³/mol. The van der Waals surface area contributed by atoms with Gasteiger partial charge in [0.2, 0.25) is 0 Å². The molecule has 51 heavy (non-hydrogen) atoms. The highest BCUT2D eigenvalue weighted by Crippen LogP contribution is 2.24. The molecule has 3 unspecified atom stereocenters. The maximum atomic E-state index is 10.8. The van der Waals surface area contributed by atoms with E-state index in [1.165, 1.54) is 18.0 Å². The standard InChI is InChI=1S/C14H18N4O2.C14H20N4.C11H17NO/c1-16(2)9-8-14(12-6-4-3-5-7-12)17-11-13(10-15-17)18(19)20;1-17(2)9-8-14(12-6-4-3-5-7-12)18-11-13(15)10-16-18;1-12(2)9-8-11(13)10-6-4-3-5-7-10/h3-7,10-11,14H,8-9H2,1-2H3;3-7,10-11,14H,8-9,15H2,1-2H3;3-7,11,13H,8-9H2,1-2H3. The van der Waals surface area contributed by atoms with E-state index in [1.54, 1.807) is 10.9 Å². The fraction of sp³-hybridized carbons (Fsp3) is 0.385. The first-order valence-corrected chi connectivity index (χ1v) is 17.2. The Hall–Kier alpha value is -4.88. The predicted octanol–water partition coefficient (Wildman–Crippen LogP) is 6.01. The zero-order valence-corrected chi connectivity index (χ0v) is 30.9. The van der Waals surface area contributed by atoms with Crippen LogP contribution in [0.4, 0.5) is 11.4 Å². The smallest absolute Gasteiger partial charge is 0.307 e. The molecular formula is C39H55N9O3. The molecule has 0 amide bonds. The van der Waals surface area contributed by atoms with Crippen molar-refractivity contribution in [1.29, 1.82) is 0 Å². The second-order valence-corrected chi connectivity index (χ2v) is 13.2. The van der Waals surface area contributed by atoms with Gasteiger partial charge in [-0.25, -0.2) is 0 Å². The SMILES string of the molecule is CN(C)CCC(O)c1ccccc1.CN(C)CCC(c1ccccc1)n1cc(N)cn1.CN(C)CCC(c1ccccc1)n1cc([N+](=O)[O-])cn1. The third kappa shape index (κ3) is 14.5. The van der Waals surface area contributed by atoms with Crippen molar-refractivity contribution in [3.63, 3.8) is 0 Å². The minimum absolute atomic E-state index is 0.00676. The number of hydrogen-bond donors (Lipinski definition) is 2. The summed E-state index contributed by atoms with van der Waals surface area (Å²) in [6.45, 7) is 2.81. The Kier molecular flexibility index (Phi) is 17.0. The summed E-state index contributed by atoms with van der Waals surface area (Å²) < 4.78 is 3.63. The van der Waals surface area contributed by atoms with Gasteiger partial charge < -0.3 is 25.5 Å². The Balaban J connectivity index is 0.000000211. The lowest BCUT2D eigenvalue weighted by molar-refractivity contribution is -0.385. The molecule has 0 aliphatic carbocycles. The van der Waals surface area contributed by atoms with Crippen LogP contribution in [0.2, 0.25) is 0 Å². The molecule has 3 N–H and O–H groups in total. The topological polar surface area (TPSA) is 135 Å². The van der Waals surface area contributed by atoms with Gasteiger partial charge in [0.25, 0.3) is 0 Å². The Labute approximate surface area is 302 Å². The summed E-state index contributed by atoms with van der Waals surface area (Å²) in [5, 5.41) is 29.0. The monoisotopic (exact) mass is 697 g/mol. The third-order valence-electron chi connectivity index (χ3n) is 8.16. The molecule has 0 saturated carbocycles. The van der Waals surface area contributed by atoms with Crippen LogP contribution in [0.15, 0.2) is 116 Å². The number of anilines is 1. The van der Waals surface area contributed by atoms with Crippen molar-refractivity contribution in [1.82, 2.24) is 34.3 Å². The summed E-state index contributed by atoms with van der Waals surface area (Å²) in [6, 6.07) is 30.4. The van der Waals surface area contributed by atoms with E-state index >= 15 is 0 Å². The molecule has 0 saturated heterocycles. The molecule has 274 valence electrons. The van der Waals surface area contributed by atoms with E-state index < -0.39 is 4.92 Å². The van der Waals surface area contributed by atoms with Gasteiger partial charge in [-0.05, 0) is 91.3 Å². The number of aliphatic hydroxyl groups excluding tert-OH is 1. The minimum atomic E-state index is -0.419. The first-order valence-electron chi connectivity index (χ1n) is 17.2. The van der Waals surface area contributed by atoms with Crippen molar-refractivity contribution < 1.29 is 10.0 Å². The molecule has 2 aromatic heterocycles. The second kappa shape index (κ2) is 21.4. The number of nitrogen functional groups attached to an aromatic ring is 1. The fourth-order valence-corrected chi connectivity index (χ4v) is 5.35. The molecule has 12 nitrogen and oxygen atoms in total. The maximum Gasteiger partial charge on any atom is 0.307 e. The van der Waals surface area contributed by atoms with Gasteiger partial charge in [-0.2, -0.15) is 10.2 Å². The van der Waals surface area contributed by atoms with Gasteiger partial charge in [0.05, 0.1) is 35.0 Å². The highest BCUT2D eigenvalue weighted by molar-refractivity contribution is 5.32. The summed E-state index contributed by atoms with van der Waals surface area (Å²) in [7, 11) is 12.2. The Morgan fingerprint density at radius 2 is 1.04 bits per heavy atom. The van der Waals surface area contributed by atoms with Gasteiger partial charge in [0.15, 0.2) is 0 Å². The van der Waals surface area contributed by atoms with Gasteiger partial charge in [-0.1, -0.05) is 91.0 Å². The summed E-state index contributed by atoms with van der Waals surface area (Å²) in [5.74, 6) is 0. The lowest BCUT2D eigenvalue weighted by atomic mass is 10.0. The average molecular weight is 698 g/mol. The first-order chi connectivity index (χ1) is 24.4. The van der Waals surface area contributed by atoms with Crippen LogP contribution in [0.3, 0.4) is 0 Å². The highest BCUT2D eigenvalue weighted by Gasteiger charge is 2.18. The number of aromatic nitrogens is 4. The minimum Gasteiger partial charge on any atom is -0.396 e. The molecule has 0 aliphatic heterocycles. The molecule has 12 heteroatoms. The van der Waals surface area contributed by atoms with Crippen LogP contribution in [0.5, 0.6) is 0 Å². The van der Waals surface area contributed by atoms with E-state index in [-0.39, 0.29) is 23.9 Å². The van der Waals surface area contributed by atoms with Crippen molar-refractivity contribution in [2.75, 3.05) is 67.7 Å². The van der Waals surface area contributed by atoms with E-state index in [0.717, 1.165) is 50.0 Å². The molecule has 5 rings (SSSR count). The number of hydrogen-bond acceptors (Lipinski definition) is 9. The van der Waals surface area contributed by atoms with Crippen LogP contribution in [0.25, 0.3) is 0 Å². The zero-order chi connectivity index (χ0) is 37.2. The molecule has 3 aromatic carbocycles. The average Bonchev–Trinajstić information content (AvgIpc) is 3.79. The quantitative estimate of drug-likeness (QED) is 0.0996.